The molecule has 0 heterocycles. The SMILES string of the molecule is CCCCC(CO)C(=O)OC. The van der Waals surface area contributed by atoms with E-state index in [1.54, 1.807) is 0 Å². The summed E-state index contributed by atoms with van der Waals surface area (Å²) in [6.07, 6.45) is 2.72. The molecular weight excluding hydrogens is 144 g/mol. The fraction of sp³-hybridized carbons (Fsp3) is 0.875. The molecule has 0 bridgehead atoms. The number of ether oxygens (including phenoxy) is 1. The van der Waals surface area contributed by atoms with Crippen molar-refractivity contribution in [1.82, 2.24) is 0 Å². The van der Waals surface area contributed by atoms with Gasteiger partial charge in [-0.05, 0) is 6.42 Å². The monoisotopic (exact) mass is 160 g/mol. The second kappa shape index (κ2) is 6.16. The first kappa shape index (κ1) is 10.4. The molecule has 0 saturated carbocycles. The first-order valence-corrected chi connectivity index (χ1v) is 3.95. The summed E-state index contributed by atoms with van der Waals surface area (Å²) < 4.78 is 4.50. The summed E-state index contributed by atoms with van der Waals surface area (Å²) in [5, 5.41) is 8.75. The highest BCUT2D eigenvalue weighted by molar-refractivity contribution is 5.72. The van der Waals surface area contributed by atoms with Crippen molar-refractivity contribution >= 4 is 5.97 Å². The molecule has 0 amide bonds. The fourth-order valence-electron chi connectivity index (χ4n) is 0.901. The van der Waals surface area contributed by atoms with Crippen molar-refractivity contribution in [2.75, 3.05) is 13.7 Å². The number of carbonyl (C=O) groups is 1. The van der Waals surface area contributed by atoms with Gasteiger partial charge in [-0.25, -0.2) is 0 Å². The number of hydrogen-bond donors (Lipinski definition) is 1. The molecule has 3 heteroatoms. The Morgan fingerprint density at radius 3 is 2.64 bits per heavy atom. The van der Waals surface area contributed by atoms with Gasteiger partial charge in [0.1, 0.15) is 0 Å². The lowest BCUT2D eigenvalue weighted by molar-refractivity contribution is -0.147. The molecule has 0 aliphatic rings. The molecule has 0 saturated heterocycles. The summed E-state index contributed by atoms with van der Waals surface area (Å²) in [5.74, 6) is -0.624. The zero-order valence-electron chi connectivity index (χ0n) is 7.17. The highest BCUT2D eigenvalue weighted by Crippen LogP contribution is 2.08. The Balaban J connectivity index is 3.65. The molecule has 0 aromatic rings. The third-order valence-corrected chi connectivity index (χ3v) is 1.66. The van der Waals surface area contributed by atoms with E-state index in [1.165, 1.54) is 7.11 Å². The molecule has 3 nitrogen and oxygen atoms in total. The second-order valence-corrected chi connectivity index (χ2v) is 2.54. The molecule has 0 aliphatic carbocycles. The van der Waals surface area contributed by atoms with Gasteiger partial charge in [0.15, 0.2) is 0 Å². The molecule has 0 aliphatic heterocycles. The predicted molar refractivity (Wildman–Crippen MR) is 42.1 cm³/mol. The predicted octanol–water partition coefficient (Wildman–Crippen LogP) is 0.958. The Morgan fingerprint density at radius 1 is 1.64 bits per heavy atom. The van der Waals surface area contributed by atoms with E-state index in [0.29, 0.717) is 0 Å². The van der Waals surface area contributed by atoms with Crippen molar-refractivity contribution < 1.29 is 14.6 Å². The summed E-state index contributed by atoms with van der Waals surface area (Å²) in [4.78, 5) is 10.9. The van der Waals surface area contributed by atoms with E-state index in [2.05, 4.69) is 4.74 Å². The molecule has 0 radical (unpaired) electrons. The van der Waals surface area contributed by atoms with E-state index in [9.17, 15) is 4.79 Å². The molecule has 0 fully saturated rings. The van der Waals surface area contributed by atoms with E-state index in [0.717, 1.165) is 19.3 Å². The van der Waals surface area contributed by atoms with Crippen molar-refractivity contribution in [3.8, 4) is 0 Å². The zero-order valence-corrected chi connectivity index (χ0v) is 7.17. The summed E-state index contributed by atoms with van der Waals surface area (Å²) in [6, 6.07) is 0. The van der Waals surface area contributed by atoms with Crippen molar-refractivity contribution in [2.45, 2.75) is 26.2 Å². The number of carbonyl (C=O) groups excluding carboxylic acids is 1. The number of rotatable bonds is 5. The highest BCUT2D eigenvalue weighted by atomic mass is 16.5. The Labute approximate surface area is 67.4 Å². The standard InChI is InChI=1S/C8H16O3/c1-3-4-5-7(6-9)8(10)11-2/h7,9H,3-6H2,1-2H3. The van der Waals surface area contributed by atoms with Gasteiger partial charge in [-0.2, -0.15) is 0 Å². The van der Waals surface area contributed by atoms with Crippen molar-refractivity contribution in [3.63, 3.8) is 0 Å². The summed E-state index contributed by atoms with van der Waals surface area (Å²) in [7, 11) is 1.34. The normalized spacial score (nSPS) is 12.6. The quantitative estimate of drug-likeness (QED) is 0.609. The van der Waals surface area contributed by atoms with Crippen LogP contribution in [-0.2, 0) is 9.53 Å². The van der Waals surface area contributed by atoms with E-state index in [-0.39, 0.29) is 18.5 Å². The highest BCUT2D eigenvalue weighted by Gasteiger charge is 2.16. The lowest BCUT2D eigenvalue weighted by Crippen LogP contribution is -2.19. The average molecular weight is 160 g/mol. The molecule has 0 aromatic carbocycles. The van der Waals surface area contributed by atoms with Crippen LogP contribution in [0.2, 0.25) is 0 Å². The summed E-state index contributed by atoms with van der Waals surface area (Å²) >= 11 is 0. The molecule has 0 rings (SSSR count). The molecule has 11 heavy (non-hydrogen) atoms. The van der Waals surface area contributed by atoms with Crippen LogP contribution in [0.4, 0.5) is 0 Å². The first-order chi connectivity index (χ1) is 5.26. The molecular formula is C8H16O3. The third kappa shape index (κ3) is 3.98. The minimum absolute atomic E-state index is 0.104. The van der Waals surface area contributed by atoms with Crippen LogP contribution >= 0.6 is 0 Å². The number of esters is 1. The van der Waals surface area contributed by atoms with Gasteiger partial charge in [0.2, 0.25) is 0 Å². The van der Waals surface area contributed by atoms with Crippen LogP contribution in [0.5, 0.6) is 0 Å². The molecule has 0 aromatic heterocycles. The minimum atomic E-state index is -0.319. The number of hydrogen-bond acceptors (Lipinski definition) is 3. The summed E-state index contributed by atoms with van der Waals surface area (Å²) in [5.41, 5.74) is 0. The lowest BCUT2D eigenvalue weighted by atomic mass is 10.0. The van der Waals surface area contributed by atoms with Gasteiger partial charge in [-0.3, -0.25) is 4.79 Å². The first-order valence-electron chi connectivity index (χ1n) is 3.95. The number of aliphatic hydroxyl groups excluding tert-OH is 1. The molecule has 0 spiro atoms. The van der Waals surface area contributed by atoms with E-state index < -0.39 is 0 Å². The second-order valence-electron chi connectivity index (χ2n) is 2.54. The maximum Gasteiger partial charge on any atom is 0.310 e. The zero-order chi connectivity index (χ0) is 8.69. The molecule has 1 unspecified atom stereocenters. The van der Waals surface area contributed by atoms with Gasteiger partial charge in [-0.1, -0.05) is 19.8 Å². The van der Waals surface area contributed by atoms with Gasteiger partial charge in [0.05, 0.1) is 19.6 Å². The van der Waals surface area contributed by atoms with E-state index >= 15 is 0 Å². The lowest BCUT2D eigenvalue weighted by Gasteiger charge is -2.09. The van der Waals surface area contributed by atoms with Crippen LogP contribution in [0.1, 0.15) is 26.2 Å². The van der Waals surface area contributed by atoms with Crippen LogP contribution in [0.15, 0.2) is 0 Å². The van der Waals surface area contributed by atoms with Crippen molar-refractivity contribution in [3.05, 3.63) is 0 Å². The number of aliphatic hydroxyl groups is 1. The molecule has 66 valence electrons. The Kier molecular flexibility index (Phi) is 5.84. The van der Waals surface area contributed by atoms with Gasteiger partial charge in [0, 0.05) is 0 Å². The van der Waals surface area contributed by atoms with Crippen LogP contribution in [-0.4, -0.2) is 24.8 Å². The van der Waals surface area contributed by atoms with Crippen molar-refractivity contribution in [2.24, 2.45) is 5.92 Å². The van der Waals surface area contributed by atoms with Crippen LogP contribution in [0, 0.1) is 5.92 Å². The van der Waals surface area contributed by atoms with E-state index in [4.69, 9.17) is 5.11 Å². The van der Waals surface area contributed by atoms with Crippen molar-refractivity contribution in [1.29, 1.82) is 0 Å². The van der Waals surface area contributed by atoms with Gasteiger partial charge in [0.25, 0.3) is 0 Å². The maximum atomic E-state index is 10.9. The number of methoxy groups -OCH3 is 1. The van der Waals surface area contributed by atoms with Crippen LogP contribution in [0.3, 0.4) is 0 Å². The topological polar surface area (TPSA) is 46.5 Å². The van der Waals surface area contributed by atoms with Gasteiger partial charge < -0.3 is 9.84 Å². The largest absolute Gasteiger partial charge is 0.469 e. The van der Waals surface area contributed by atoms with Gasteiger partial charge >= 0.3 is 5.97 Å². The van der Waals surface area contributed by atoms with Gasteiger partial charge in [-0.15, -0.1) is 0 Å². The van der Waals surface area contributed by atoms with Crippen LogP contribution in [0.25, 0.3) is 0 Å². The Hall–Kier alpha value is -0.570. The third-order valence-electron chi connectivity index (χ3n) is 1.66. The molecule has 1 atom stereocenters. The minimum Gasteiger partial charge on any atom is -0.469 e. The summed E-state index contributed by atoms with van der Waals surface area (Å²) in [6.45, 7) is 1.94. The van der Waals surface area contributed by atoms with Crippen LogP contribution < -0.4 is 0 Å². The van der Waals surface area contributed by atoms with E-state index in [1.807, 2.05) is 6.92 Å². The Bertz CT molecular complexity index is 112. The number of unbranched alkanes of at least 4 members (excludes halogenated alkanes) is 1. The maximum absolute atomic E-state index is 10.9. The smallest absolute Gasteiger partial charge is 0.310 e. The fourth-order valence-corrected chi connectivity index (χ4v) is 0.901. The average Bonchev–Trinajstić information content (AvgIpc) is 2.05. The molecule has 1 N–H and O–H groups in total. The Morgan fingerprint density at radius 2 is 2.27 bits per heavy atom.